The van der Waals surface area contributed by atoms with E-state index in [-0.39, 0.29) is 12.1 Å². The first kappa shape index (κ1) is 30.1. The average Bonchev–Trinajstić information content (AvgIpc) is 2.56. The van der Waals surface area contributed by atoms with Gasteiger partial charge in [-0.25, -0.2) is 0 Å². The SMILES string of the molecule is C[Si](C)(C)OC(C#N)(C#N)C(F)(F)C(F)(F)C(F)(F)C(F)(F)C(F)(F)C(F)(F)C(F)(F)F. The number of nitrogens with zero attached hydrogens (tertiary/aromatic N) is 2. The van der Waals surface area contributed by atoms with Gasteiger partial charge in [-0.1, -0.05) is 0 Å². The van der Waals surface area contributed by atoms with Gasteiger partial charge in [0.15, 0.2) is 8.32 Å². The predicted molar refractivity (Wildman–Crippen MR) is 74.1 cm³/mol. The van der Waals surface area contributed by atoms with E-state index < -0.39 is 55.6 Å². The monoisotopic (exact) mass is 522 g/mol. The van der Waals surface area contributed by atoms with E-state index in [2.05, 4.69) is 4.43 Å². The standard InChI is InChI=1S/C13H9F15N2OSi/c1-32(2,3)31-6(4-29,5-30)7(14,15)8(16,17)9(18,19)10(20,21)11(22,23)12(24,25)13(26,27)28/h1-3H3. The van der Waals surface area contributed by atoms with Gasteiger partial charge < -0.3 is 4.43 Å². The summed E-state index contributed by atoms with van der Waals surface area (Å²) in [7, 11) is -3.83. The highest BCUT2D eigenvalue weighted by Crippen LogP contribution is 2.63. The van der Waals surface area contributed by atoms with E-state index in [1.807, 2.05) is 0 Å². The smallest absolute Gasteiger partial charge is 0.385 e. The largest absolute Gasteiger partial charge is 0.460 e. The van der Waals surface area contributed by atoms with Gasteiger partial charge in [-0.3, -0.25) is 0 Å². The van der Waals surface area contributed by atoms with Crippen LogP contribution in [-0.4, -0.2) is 55.6 Å². The van der Waals surface area contributed by atoms with E-state index in [1.165, 1.54) is 0 Å². The zero-order valence-corrected chi connectivity index (χ0v) is 16.5. The molecule has 0 bridgehead atoms. The van der Waals surface area contributed by atoms with Crippen molar-refractivity contribution in [1.29, 1.82) is 10.5 Å². The molecule has 0 spiro atoms. The zero-order valence-electron chi connectivity index (χ0n) is 15.5. The van der Waals surface area contributed by atoms with Crippen LogP contribution in [0.5, 0.6) is 0 Å². The van der Waals surface area contributed by atoms with Crippen molar-refractivity contribution >= 4 is 8.32 Å². The molecule has 0 aliphatic carbocycles. The molecular formula is C13H9F15N2OSi. The van der Waals surface area contributed by atoms with Crippen LogP contribution in [0.15, 0.2) is 0 Å². The minimum Gasteiger partial charge on any atom is -0.385 e. The molecule has 0 saturated carbocycles. The predicted octanol–water partition coefficient (Wildman–Crippen LogP) is 6.00. The molecule has 0 rings (SSSR count). The first-order valence-corrected chi connectivity index (χ1v) is 10.8. The van der Waals surface area contributed by atoms with Gasteiger partial charge in [-0.05, 0) is 19.6 Å². The minimum atomic E-state index is -8.51. The Kier molecular flexibility index (Phi) is 7.12. The summed E-state index contributed by atoms with van der Waals surface area (Å²) in [6, 6.07) is 0.0249. The van der Waals surface area contributed by atoms with E-state index in [4.69, 9.17) is 10.5 Å². The fraction of sp³-hybridized carbons (Fsp3) is 0.846. The molecule has 0 radical (unpaired) electrons. The summed E-state index contributed by atoms with van der Waals surface area (Å²) in [4.78, 5) is 0. The Morgan fingerprint density at radius 2 is 0.750 bits per heavy atom. The van der Waals surface area contributed by atoms with Crippen LogP contribution < -0.4 is 0 Å². The number of nitriles is 2. The molecule has 32 heavy (non-hydrogen) atoms. The van der Waals surface area contributed by atoms with Gasteiger partial charge in [0.05, 0.1) is 0 Å². The molecule has 0 aliphatic rings. The molecule has 0 saturated heterocycles. The van der Waals surface area contributed by atoms with Crippen molar-refractivity contribution in [3.05, 3.63) is 0 Å². The normalized spacial score (nSPS) is 15.9. The average molecular weight is 522 g/mol. The third kappa shape index (κ3) is 3.86. The lowest BCUT2D eigenvalue weighted by Crippen LogP contribution is -2.75. The Morgan fingerprint density at radius 3 is 0.969 bits per heavy atom. The molecule has 0 unspecified atom stereocenters. The van der Waals surface area contributed by atoms with Crippen LogP contribution in [0, 0.1) is 22.7 Å². The molecule has 0 heterocycles. The lowest BCUT2D eigenvalue weighted by atomic mass is 9.85. The molecule has 0 aliphatic heterocycles. The van der Waals surface area contributed by atoms with Gasteiger partial charge in [-0.15, -0.1) is 0 Å². The summed E-state index contributed by atoms with van der Waals surface area (Å²) < 4.78 is 203. The minimum absolute atomic E-state index is 0.0125. The van der Waals surface area contributed by atoms with Gasteiger partial charge in [0.2, 0.25) is 0 Å². The Balaban J connectivity index is 7.05. The molecule has 0 aromatic rings. The maximum absolute atomic E-state index is 14.2. The molecule has 0 fully saturated rings. The van der Waals surface area contributed by atoms with E-state index >= 15 is 0 Å². The third-order valence-corrected chi connectivity index (χ3v) is 4.46. The quantitative estimate of drug-likeness (QED) is 0.291. The van der Waals surface area contributed by atoms with Crippen molar-refractivity contribution in [2.75, 3.05) is 0 Å². The van der Waals surface area contributed by atoms with Gasteiger partial charge >= 0.3 is 47.3 Å². The van der Waals surface area contributed by atoms with Crippen LogP contribution in [0.2, 0.25) is 19.6 Å². The first-order chi connectivity index (χ1) is 13.6. The second kappa shape index (κ2) is 7.57. The fourth-order valence-corrected chi connectivity index (χ4v) is 3.06. The van der Waals surface area contributed by atoms with Gasteiger partial charge in [-0.2, -0.15) is 76.4 Å². The third-order valence-electron chi connectivity index (χ3n) is 3.54. The number of halogens is 15. The highest BCUT2D eigenvalue weighted by molar-refractivity contribution is 6.69. The van der Waals surface area contributed by atoms with Crippen molar-refractivity contribution in [2.24, 2.45) is 0 Å². The van der Waals surface area contributed by atoms with E-state index in [1.54, 1.807) is 0 Å². The number of hydrogen-bond acceptors (Lipinski definition) is 3. The summed E-state index contributed by atoms with van der Waals surface area (Å²) in [6.45, 7) is 2.36. The van der Waals surface area contributed by atoms with Gasteiger partial charge in [0, 0.05) is 0 Å². The zero-order chi connectivity index (χ0) is 26.6. The first-order valence-electron chi connectivity index (χ1n) is 7.44. The topological polar surface area (TPSA) is 56.8 Å². The van der Waals surface area contributed by atoms with Crippen molar-refractivity contribution in [1.82, 2.24) is 0 Å². The molecule has 19 heteroatoms. The molecule has 0 aromatic heterocycles. The van der Waals surface area contributed by atoms with Crippen LogP contribution in [0.4, 0.5) is 65.9 Å². The van der Waals surface area contributed by atoms with Crippen molar-refractivity contribution < 1.29 is 70.3 Å². The van der Waals surface area contributed by atoms with E-state index in [9.17, 15) is 65.9 Å². The molecule has 3 nitrogen and oxygen atoms in total. The lowest BCUT2D eigenvalue weighted by Gasteiger charge is -2.44. The maximum atomic E-state index is 14.2. The molecule has 0 aromatic carbocycles. The number of alkyl halides is 15. The Hall–Kier alpha value is -1.89. The highest BCUT2D eigenvalue weighted by atomic mass is 28.4. The summed E-state index contributed by atoms with van der Waals surface area (Å²) in [6.07, 6.45) is -7.72. The van der Waals surface area contributed by atoms with Crippen LogP contribution >= 0.6 is 0 Å². The summed E-state index contributed by atoms with van der Waals surface area (Å²) >= 11 is 0. The second-order valence-corrected chi connectivity index (χ2v) is 11.5. The molecule has 0 atom stereocenters. The molecule has 0 N–H and O–H groups in total. The van der Waals surface area contributed by atoms with E-state index in [0.717, 1.165) is 19.6 Å². The number of rotatable bonds is 8. The molecular weight excluding hydrogens is 513 g/mol. The molecule has 186 valence electrons. The van der Waals surface area contributed by atoms with Gasteiger partial charge in [0.25, 0.3) is 0 Å². The maximum Gasteiger partial charge on any atom is 0.460 e. The Bertz CT molecular complexity index is 786. The van der Waals surface area contributed by atoms with E-state index in [0.29, 0.717) is 0 Å². The van der Waals surface area contributed by atoms with Crippen LogP contribution in [-0.2, 0) is 4.43 Å². The van der Waals surface area contributed by atoms with Crippen LogP contribution in [0.25, 0.3) is 0 Å². The van der Waals surface area contributed by atoms with Crippen LogP contribution in [0.3, 0.4) is 0 Å². The summed E-state index contributed by atoms with van der Waals surface area (Å²) in [5.41, 5.74) is -5.07. The summed E-state index contributed by atoms with van der Waals surface area (Å²) in [5.74, 6) is -48.6. The number of hydrogen-bond donors (Lipinski definition) is 0. The Morgan fingerprint density at radius 1 is 0.500 bits per heavy atom. The fourth-order valence-electron chi connectivity index (χ4n) is 1.92. The summed E-state index contributed by atoms with van der Waals surface area (Å²) in [5, 5.41) is 17.3. The van der Waals surface area contributed by atoms with Crippen molar-refractivity contribution in [3.63, 3.8) is 0 Å². The van der Waals surface area contributed by atoms with Crippen molar-refractivity contribution in [2.45, 2.75) is 67.0 Å². The molecule has 0 amide bonds. The highest BCUT2D eigenvalue weighted by Gasteiger charge is 2.95. The van der Waals surface area contributed by atoms with Gasteiger partial charge in [0.1, 0.15) is 12.1 Å². The second-order valence-electron chi connectivity index (χ2n) is 7.06. The lowest BCUT2D eigenvalue weighted by molar-refractivity contribution is -0.456. The van der Waals surface area contributed by atoms with Crippen molar-refractivity contribution in [3.8, 4) is 12.1 Å². The van der Waals surface area contributed by atoms with Crippen LogP contribution in [0.1, 0.15) is 0 Å². The Labute approximate surface area is 169 Å².